The van der Waals surface area contributed by atoms with Gasteiger partial charge in [-0.05, 0) is 17.7 Å². The number of carbonyl (C=O) groups excluding carboxylic acids is 3. The lowest BCUT2D eigenvalue weighted by Crippen LogP contribution is -2.51. The molecule has 3 amide bonds. The average molecular weight is 362 g/mol. The van der Waals surface area contributed by atoms with Gasteiger partial charge in [-0.3, -0.25) is 9.59 Å². The number of aromatic nitrogens is 2. The van der Waals surface area contributed by atoms with Crippen molar-refractivity contribution in [3.8, 4) is 0 Å². The molecule has 134 valence electrons. The van der Waals surface area contributed by atoms with E-state index in [2.05, 4.69) is 4.98 Å². The molecule has 0 saturated carbocycles. The molecule has 0 atom stereocenters. The van der Waals surface area contributed by atoms with Crippen molar-refractivity contribution in [1.29, 1.82) is 0 Å². The van der Waals surface area contributed by atoms with E-state index in [9.17, 15) is 14.4 Å². The number of hydrogen-bond donors (Lipinski definition) is 0. The zero-order chi connectivity index (χ0) is 18.8. The lowest BCUT2D eigenvalue weighted by molar-refractivity contribution is -0.00794. The van der Waals surface area contributed by atoms with Crippen molar-refractivity contribution < 1.29 is 19.2 Å². The number of amides is 3. The minimum absolute atomic E-state index is 0.0140. The molecule has 0 N–H and O–H groups in total. The molecule has 0 radical (unpaired) electrons. The van der Waals surface area contributed by atoms with Crippen LogP contribution < -0.4 is 4.84 Å². The van der Waals surface area contributed by atoms with Crippen LogP contribution in [0.1, 0.15) is 26.3 Å². The summed E-state index contributed by atoms with van der Waals surface area (Å²) in [4.78, 5) is 47.3. The summed E-state index contributed by atoms with van der Waals surface area (Å²) >= 11 is 0. The highest BCUT2D eigenvalue weighted by Crippen LogP contribution is 2.25. The first kappa shape index (κ1) is 16.5. The Bertz CT molecular complexity index is 967. The van der Waals surface area contributed by atoms with E-state index in [4.69, 9.17) is 4.84 Å². The predicted molar refractivity (Wildman–Crippen MR) is 93.1 cm³/mol. The van der Waals surface area contributed by atoms with Gasteiger partial charge in [-0.25, -0.2) is 14.8 Å². The second kappa shape index (κ2) is 6.75. The number of hydrogen-bond acceptors (Lipinski definition) is 5. The van der Waals surface area contributed by atoms with Crippen LogP contribution in [0.2, 0.25) is 0 Å². The van der Waals surface area contributed by atoms with Crippen molar-refractivity contribution in [3.05, 3.63) is 90.0 Å². The number of rotatable bonds is 4. The van der Waals surface area contributed by atoms with E-state index in [-0.39, 0.29) is 17.7 Å². The van der Waals surface area contributed by atoms with E-state index in [1.807, 2.05) is 6.07 Å². The number of carbonyl (C=O) groups is 3. The molecule has 0 unspecified atom stereocenters. The van der Waals surface area contributed by atoms with Gasteiger partial charge in [0.15, 0.2) is 0 Å². The second-order valence-electron chi connectivity index (χ2n) is 5.79. The van der Waals surface area contributed by atoms with Gasteiger partial charge in [0.05, 0.1) is 23.9 Å². The number of nitrogens with zero attached hydrogens (tertiary/aromatic N) is 4. The predicted octanol–water partition coefficient (Wildman–Crippen LogP) is 2.15. The van der Waals surface area contributed by atoms with Crippen LogP contribution in [0.15, 0.2) is 73.3 Å². The number of benzene rings is 2. The molecule has 2 aromatic carbocycles. The van der Waals surface area contributed by atoms with E-state index in [0.29, 0.717) is 0 Å². The molecular formula is C19H14N4O4. The van der Waals surface area contributed by atoms with Crippen molar-refractivity contribution >= 4 is 17.9 Å². The first-order valence-corrected chi connectivity index (χ1v) is 8.14. The lowest BCUT2D eigenvalue weighted by atomic mass is 10.1. The minimum atomic E-state index is -0.883. The Hall–Kier alpha value is -3.94. The van der Waals surface area contributed by atoms with E-state index in [1.54, 1.807) is 48.5 Å². The highest BCUT2D eigenvalue weighted by atomic mass is 16.7. The molecule has 0 saturated heterocycles. The van der Waals surface area contributed by atoms with Crippen molar-refractivity contribution in [1.82, 2.24) is 19.7 Å². The van der Waals surface area contributed by atoms with E-state index < -0.39 is 17.9 Å². The molecule has 4 rings (SSSR count). The molecule has 1 aromatic heterocycles. The molecule has 8 nitrogen and oxygen atoms in total. The molecule has 27 heavy (non-hydrogen) atoms. The third-order valence-corrected chi connectivity index (χ3v) is 4.06. The number of hydrazine groups is 1. The highest BCUT2D eigenvalue weighted by Gasteiger charge is 2.42. The largest absolute Gasteiger partial charge is 0.454 e. The first-order chi connectivity index (χ1) is 13.1. The molecule has 0 spiro atoms. The Morgan fingerprint density at radius 1 is 0.963 bits per heavy atom. The average Bonchev–Trinajstić information content (AvgIpc) is 3.28. The van der Waals surface area contributed by atoms with Crippen LogP contribution in [-0.4, -0.2) is 37.6 Å². The summed E-state index contributed by atoms with van der Waals surface area (Å²) in [6, 6.07) is 15.5. The lowest BCUT2D eigenvalue weighted by Gasteiger charge is -2.28. The standard InChI is InChI=1S/C19H14N4O4/c24-17-15-8-4-5-9-16(15)18(25)23(17)22(12-14-6-2-1-3-7-14)19(26)27-21-11-10-20-13-21/h1-11,13H,12H2. The van der Waals surface area contributed by atoms with Crippen LogP contribution in [0.3, 0.4) is 0 Å². The quantitative estimate of drug-likeness (QED) is 0.664. The van der Waals surface area contributed by atoms with Crippen LogP contribution in [0.5, 0.6) is 0 Å². The Morgan fingerprint density at radius 2 is 1.59 bits per heavy atom. The van der Waals surface area contributed by atoms with E-state index in [1.165, 1.54) is 18.7 Å². The maximum Gasteiger partial charge on any atom is 0.454 e. The molecule has 8 heteroatoms. The molecule has 0 aliphatic carbocycles. The van der Waals surface area contributed by atoms with Gasteiger partial charge < -0.3 is 4.84 Å². The van der Waals surface area contributed by atoms with Gasteiger partial charge in [0.1, 0.15) is 6.33 Å². The smallest absolute Gasteiger partial charge is 0.315 e. The summed E-state index contributed by atoms with van der Waals surface area (Å²) in [7, 11) is 0. The minimum Gasteiger partial charge on any atom is -0.315 e. The SMILES string of the molecule is O=C(On1ccnc1)N(Cc1ccccc1)N1C(=O)c2ccccc2C1=O. The van der Waals surface area contributed by atoms with Crippen LogP contribution >= 0.6 is 0 Å². The summed E-state index contributed by atoms with van der Waals surface area (Å²) in [6.45, 7) is -0.0140. The van der Waals surface area contributed by atoms with Crippen molar-refractivity contribution in [2.24, 2.45) is 0 Å². The summed E-state index contributed by atoms with van der Waals surface area (Å²) in [6.07, 6.45) is 3.28. The van der Waals surface area contributed by atoms with E-state index >= 15 is 0 Å². The van der Waals surface area contributed by atoms with Crippen LogP contribution in [-0.2, 0) is 6.54 Å². The highest BCUT2D eigenvalue weighted by molar-refractivity contribution is 6.21. The molecule has 3 aromatic rings. The van der Waals surface area contributed by atoms with E-state index in [0.717, 1.165) is 20.3 Å². The fraction of sp³-hybridized carbons (Fsp3) is 0.0526. The number of imidazole rings is 1. The normalized spacial score (nSPS) is 12.8. The molecule has 0 fully saturated rings. The summed E-state index contributed by atoms with van der Waals surface area (Å²) in [5, 5.41) is 1.80. The zero-order valence-electron chi connectivity index (χ0n) is 14.1. The van der Waals surface area contributed by atoms with Crippen LogP contribution in [0, 0.1) is 0 Å². The first-order valence-electron chi connectivity index (χ1n) is 8.14. The van der Waals surface area contributed by atoms with Crippen molar-refractivity contribution in [2.75, 3.05) is 0 Å². The molecule has 2 heterocycles. The maximum absolute atomic E-state index is 12.8. The molecule has 1 aliphatic heterocycles. The summed E-state index contributed by atoms with van der Waals surface area (Å²) < 4.78 is 1.10. The monoisotopic (exact) mass is 362 g/mol. The van der Waals surface area contributed by atoms with Gasteiger partial charge in [-0.15, -0.1) is 0 Å². The number of fused-ring (bicyclic) bond motifs is 1. The zero-order valence-corrected chi connectivity index (χ0v) is 14.1. The second-order valence-corrected chi connectivity index (χ2v) is 5.79. The van der Waals surface area contributed by atoms with Gasteiger partial charge in [-0.2, -0.15) is 9.74 Å². The third-order valence-electron chi connectivity index (χ3n) is 4.06. The Morgan fingerprint density at radius 3 is 2.19 bits per heavy atom. The summed E-state index contributed by atoms with van der Waals surface area (Å²) in [5.41, 5.74) is 1.23. The Kier molecular flexibility index (Phi) is 4.13. The van der Waals surface area contributed by atoms with Crippen molar-refractivity contribution in [2.45, 2.75) is 6.54 Å². The van der Waals surface area contributed by atoms with Gasteiger partial charge in [0, 0.05) is 6.20 Å². The van der Waals surface area contributed by atoms with Gasteiger partial charge in [0.25, 0.3) is 11.8 Å². The topological polar surface area (TPSA) is 84.7 Å². The summed E-state index contributed by atoms with van der Waals surface area (Å²) in [5.74, 6) is -1.15. The maximum atomic E-state index is 12.8. The molecular weight excluding hydrogens is 348 g/mol. The molecule has 0 bridgehead atoms. The third kappa shape index (κ3) is 3.04. The van der Waals surface area contributed by atoms with Gasteiger partial charge in [0.2, 0.25) is 0 Å². The van der Waals surface area contributed by atoms with Crippen molar-refractivity contribution in [3.63, 3.8) is 0 Å². The van der Waals surface area contributed by atoms with Crippen LogP contribution in [0.25, 0.3) is 0 Å². The Labute approximate surface area is 154 Å². The van der Waals surface area contributed by atoms with Gasteiger partial charge in [-0.1, -0.05) is 42.5 Å². The Balaban J connectivity index is 1.68. The van der Waals surface area contributed by atoms with Crippen LogP contribution in [0.4, 0.5) is 4.79 Å². The number of imide groups is 1. The fourth-order valence-electron chi connectivity index (χ4n) is 2.81. The fourth-order valence-corrected chi connectivity index (χ4v) is 2.81. The van der Waals surface area contributed by atoms with Gasteiger partial charge >= 0.3 is 6.09 Å². The molecule has 1 aliphatic rings.